The molecule has 348 valence electrons. The fourth-order valence-corrected chi connectivity index (χ4v) is 6.93. The lowest BCUT2D eigenvalue weighted by atomic mass is 10.1. The molecule has 4 heterocycles. The SMILES string of the molecule is COCCOCCOCCOc1ccc(C#Cc2cc(CN3CCN(CC(=O)O)Cc4cccc(n4)CN(Cc4cc(C#Cc5ccc(O)cc5)cc(C(=O)O)n4)CC3)nc(C(=O)O)c2)cc1. The number of aromatic carboxylic acids is 2. The number of rotatable bonds is 18. The van der Waals surface area contributed by atoms with Crippen LogP contribution in [0.15, 0.2) is 91.0 Å². The molecular formula is C50H52N6O11. The van der Waals surface area contributed by atoms with Crippen molar-refractivity contribution in [3.8, 4) is 35.2 Å². The van der Waals surface area contributed by atoms with E-state index in [0.717, 1.165) is 5.69 Å². The maximum Gasteiger partial charge on any atom is 0.354 e. The van der Waals surface area contributed by atoms with Crippen LogP contribution in [0.4, 0.5) is 0 Å². The normalized spacial score (nSPS) is 13.5. The van der Waals surface area contributed by atoms with E-state index in [2.05, 4.69) is 43.4 Å². The van der Waals surface area contributed by atoms with Gasteiger partial charge in [-0.3, -0.25) is 24.5 Å². The number of nitrogens with zero attached hydrogens (tertiary/aromatic N) is 6. The highest BCUT2D eigenvalue weighted by molar-refractivity contribution is 5.86. The molecule has 3 aromatic heterocycles. The molecule has 0 atom stereocenters. The molecule has 1 aliphatic rings. The number of ether oxygens (including phenoxy) is 4. The number of fused-ring (bicyclic) bond motifs is 2. The summed E-state index contributed by atoms with van der Waals surface area (Å²) in [4.78, 5) is 56.2. The molecule has 67 heavy (non-hydrogen) atoms. The zero-order chi connectivity index (χ0) is 47.4. The van der Waals surface area contributed by atoms with Gasteiger partial charge < -0.3 is 39.4 Å². The zero-order valence-electron chi connectivity index (χ0n) is 37.1. The van der Waals surface area contributed by atoms with Gasteiger partial charge in [0.05, 0.1) is 62.4 Å². The standard InChI is InChI=1S/C50H52N6O11/c1-64-21-22-65-23-24-66-25-26-67-45-15-11-37(12-16-45)6-8-38-27-42(52-46(29-38)49(60)61)33-54-17-19-55(31-40-3-2-4-41(51-40)32-56(20-18-54)35-48(58)59)34-43-28-39(30-47(53-43)50(62)63)7-5-36-9-13-44(57)14-10-36/h2-4,9-16,27-30,57H,17-26,31-35H2,1H3,(H,58,59)(H,60,61)(H,62,63). The molecule has 0 saturated carbocycles. The van der Waals surface area contributed by atoms with Crippen LogP contribution in [-0.2, 0) is 45.2 Å². The predicted octanol–water partition coefficient (Wildman–Crippen LogP) is 4.24. The summed E-state index contributed by atoms with van der Waals surface area (Å²) in [7, 11) is 1.62. The number of phenols is 1. The van der Waals surface area contributed by atoms with Crippen molar-refractivity contribution in [1.29, 1.82) is 0 Å². The van der Waals surface area contributed by atoms with Crippen molar-refractivity contribution in [3.63, 3.8) is 0 Å². The minimum absolute atomic E-state index is 0.104. The molecule has 17 nitrogen and oxygen atoms in total. The van der Waals surface area contributed by atoms with Gasteiger partial charge in [-0.25, -0.2) is 19.6 Å². The topological polar surface area (TPSA) is 217 Å². The first-order valence-corrected chi connectivity index (χ1v) is 21.5. The number of aromatic hydroxyl groups is 1. The van der Waals surface area contributed by atoms with Crippen LogP contribution in [0.2, 0.25) is 0 Å². The summed E-state index contributed by atoms with van der Waals surface area (Å²) < 4.78 is 21.6. The van der Waals surface area contributed by atoms with E-state index in [4.69, 9.17) is 23.9 Å². The Labute approximate surface area is 388 Å². The fourth-order valence-electron chi connectivity index (χ4n) is 6.93. The molecular weight excluding hydrogens is 861 g/mol. The van der Waals surface area contributed by atoms with Crippen molar-refractivity contribution >= 4 is 17.9 Å². The van der Waals surface area contributed by atoms with Crippen LogP contribution >= 0.6 is 0 Å². The molecule has 0 fully saturated rings. The van der Waals surface area contributed by atoms with Crippen LogP contribution in [0.1, 0.15) is 66.0 Å². The molecule has 0 spiro atoms. The molecule has 6 rings (SSSR count). The Kier molecular flexibility index (Phi) is 18.7. The second-order valence-electron chi connectivity index (χ2n) is 15.4. The van der Waals surface area contributed by atoms with Gasteiger partial charge in [-0.05, 0) is 84.9 Å². The molecule has 5 aromatic rings. The number of carboxylic acids is 3. The summed E-state index contributed by atoms with van der Waals surface area (Å²) in [6, 6.07) is 25.5. The van der Waals surface area contributed by atoms with Gasteiger partial charge in [0.1, 0.15) is 29.5 Å². The molecule has 0 saturated heterocycles. The first kappa shape index (κ1) is 49.2. The number of hydrogen-bond donors (Lipinski definition) is 4. The Balaban J connectivity index is 1.20. The Morgan fingerprint density at radius 2 is 1.04 bits per heavy atom. The molecule has 2 aromatic carbocycles. The van der Waals surface area contributed by atoms with Gasteiger partial charge in [0.2, 0.25) is 0 Å². The largest absolute Gasteiger partial charge is 0.508 e. The van der Waals surface area contributed by atoms with Gasteiger partial charge in [-0.2, -0.15) is 0 Å². The van der Waals surface area contributed by atoms with E-state index in [-0.39, 0.29) is 43.3 Å². The first-order valence-electron chi connectivity index (χ1n) is 21.5. The van der Waals surface area contributed by atoms with Gasteiger partial charge in [0, 0.05) is 81.7 Å². The van der Waals surface area contributed by atoms with E-state index < -0.39 is 17.9 Å². The molecule has 0 aliphatic carbocycles. The molecule has 4 N–H and O–H groups in total. The third-order valence-corrected chi connectivity index (χ3v) is 10.1. The van der Waals surface area contributed by atoms with Crippen LogP contribution in [0, 0.1) is 23.7 Å². The average Bonchev–Trinajstić information content (AvgIpc) is 3.30. The van der Waals surface area contributed by atoms with Crippen molar-refractivity contribution < 1.29 is 53.8 Å². The van der Waals surface area contributed by atoms with Crippen molar-refractivity contribution in [3.05, 3.63) is 147 Å². The average molecular weight is 913 g/mol. The lowest BCUT2D eigenvalue weighted by molar-refractivity contribution is -0.138. The van der Waals surface area contributed by atoms with Crippen molar-refractivity contribution in [2.24, 2.45) is 0 Å². The second-order valence-corrected chi connectivity index (χ2v) is 15.4. The van der Waals surface area contributed by atoms with E-state index in [1.165, 1.54) is 24.3 Å². The van der Waals surface area contributed by atoms with Gasteiger partial charge in [-0.15, -0.1) is 0 Å². The number of aromatic nitrogens is 3. The molecule has 0 amide bonds. The van der Waals surface area contributed by atoms with Gasteiger partial charge in [0.25, 0.3) is 0 Å². The van der Waals surface area contributed by atoms with Crippen molar-refractivity contribution in [1.82, 2.24) is 29.7 Å². The van der Waals surface area contributed by atoms with Gasteiger partial charge in [0.15, 0.2) is 0 Å². The van der Waals surface area contributed by atoms with Crippen molar-refractivity contribution in [2.75, 3.05) is 79.5 Å². The van der Waals surface area contributed by atoms with Crippen LogP contribution < -0.4 is 4.74 Å². The Morgan fingerprint density at radius 1 is 0.567 bits per heavy atom. The minimum Gasteiger partial charge on any atom is -0.508 e. The Morgan fingerprint density at radius 3 is 1.60 bits per heavy atom. The molecule has 2 bridgehead atoms. The van der Waals surface area contributed by atoms with E-state index in [9.17, 15) is 34.8 Å². The summed E-state index contributed by atoms with van der Waals surface area (Å²) in [5.74, 6) is 9.59. The third-order valence-electron chi connectivity index (χ3n) is 10.1. The molecule has 17 heteroatoms. The number of benzene rings is 2. The highest BCUT2D eigenvalue weighted by atomic mass is 16.6. The van der Waals surface area contributed by atoms with E-state index in [1.54, 1.807) is 48.4 Å². The number of carboxylic acid groups (broad SMARTS) is 3. The van der Waals surface area contributed by atoms with E-state index in [0.29, 0.717) is 117 Å². The van der Waals surface area contributed by atoms with E-state index in [1.807, 2.05) is 30.3 Å². The summed E-state index contributed by atoms with van der Waals surface area (Å²) in [5, 5.41) is 39.5. The lowest BCUT2D eigenvalue weighted by Gasteiger charge is -2.30. The summed E-state index contributed by atoms with van der Waals surface area (Å²) >= 11 is 0. The fraction of sp³-hybridized carbons (Fsp3) is 0.320. The third kappa shape index (κ3) is 16.9. The van der Waals surface area contributed by atoms with Gasteiger partial charge >= 0.3 is 17.9 Å². The summed E-state index contributed by atoms with van der Waals surface area (Å²) in [6.07, 6.45) is 0. The monoisotopic (exact) mass is 912 g/mol. The predicted molar refractivity (Wildman–Crippen MR) is 244 cm³/mol. The van der Waals surface area contributed by atoms with E-state index >= 15 is 0 Å². The maximum atomic E-state index is 12.3. The van der Waals surface area contributed by atoms with Gasteiger partial charge in [-0.1, -0.05) is 29.7 Å². The quantitative estimate of drug-likeness (QED) is 0.0714. The molecule has 1 aliphatic heterocycles. The second kappa shape index (κ2) is 25.5. The molecule has 0 unspecified atom stereocenters. The zero-order valence-corrected chi connectivity index (χ0v) is 37.1. The first-order chi connectivity index (χ1) is 32.5. The smallest absolute Gasteiger partial charge is 0.354 e. The Bertz CT molecular complexity index is 2590. The highest BCUT2D eigenvalue weighted by Gasteiger charge is 2.20. The highest BCUT2D eigenvalue weighted by Crippen LogP contribution is 2.17. The number of phenolic OH excluding ortho intramolecular Hbond substituents is 1. The van der Waals surface area contributed by atoms with Crippen molar-refractivity contribution in [2.45, 2.75) is 26.2 Å². The van der Waals surface area contributed by atoms with Crippen LogP contribution in [0.25, 0.3) is 0 Å². The van der Waals surface area contributed by atoms with Crippen LogP contribution in [-0.4, -0.2) is 147 Å². The Hall–Kier alpha value is -7.22. The number of aliphatic carboxylic acids is 1. The van der Waals surface area contributed by atoms with Crippen LogP contribution in [0.5, 0.6) is 11.5 Å². The minimum atomic E-state index is -1.21. The summed E-state index contributed by atoms with van der Waals surface area (Å²) in [5.41, 5.74) is 4.24. The molecule has 0 radical (unpaired) electrons. The van der Waals surface area contributed by atoms with Crippen LogP contribution in [0.3, 0.4) is 0 Å². The summed E-state index contributed by atoms with van der Waals surface area (Å²) in [6.45, 7) is 5.20. The lowest BCUT2D eigenvalue weighted by Crippen LogP contribution is -2.41. The maximum absolute atomic E-state index is 12.3. The number of carbonyl (C=O) groups is 3. The number of hydrogen-bond acceptors (Lipinski definition) is 14. The number of methoxy groups -OCH3 is 1. The number of pyridine rings is 3.